The van der Waals surface area contributed by atoms with Gasteiger partial charge in [0.2, 0.25) is 0 Å². The van der Waals surface area contributed by atoms with Crippen LogP contribution in [-0.2, 0) is 11.3 Å². The van der Waals surface area contributed by atoms with E-state index in [1.165, 1.54) is 12.1 Å². The van der Waals surface area contributed by atoms with Crippen LogP contribution in [0.5, 0.6) is 5.75 Å². The molecule has 1 heterocycles. The normalized spacial score (nSPS) is 19.0. The minimum Gasteiger partial charge on any atom is -0.482 e. The summed E-state index contributed by atoms with van der Waals surface area (Å²) < 4.78 is 19.1. The molecule has 0 spiro atoms. The summed E-state index contributed by atoms with van der Waals surface area (Å²) in [6, 6.07) is 14.7. The standard InChI is InChI=1S/C26H37FN4O2/c1-5-29(6-2)19-28-24-9-7-8-10-25(24)33-18-26(32)31-16-20(3)30(15-21(31)4)17-22-11-13-23(27)14-12-22/h7-14,20-21,28H,5-6,15-19H2,1-4H3. The van der Waals surface area contributed by atoms with E-state index in [9.17, 15) is 9.18 Å². The summed E-state index contributed by atoms with van der Waals surface area (Å²) >= 11 is 0. The van der Waals surface area contributed by atoms with Gasteiger partial charge < -0.3 is 15.0 Å². The topological polar surface area (TPSA) is 48.1 Å². The molecule has 7 heteroatoms. The Morgan fingerprint density at radius 1 is 1.06 bits per heavy atom. The van der Waals surface area contributed by atoms with Gasteiger partial charge in [-0.05, 0) is 56.8 Å². The third-order valence-electron chi connectivity index (χ3n) is 6.36. The molecule has 6 nitrogen and oxygen atoms in total. The smallest absolute Gasteiger partial charge is 0.260 e. The number of halogens is 1. The summed E-state index contributed by atoms with van der Waals surface area (Å²) in [6.45, 7) is 13.3. The summed E-state index contributed by atoms with van der Waals surface area (Å²) in [6.07, 6.45) is 0. The predicted octanol–water partition coefficient (Wildman–Crippen LogP) is 4.04. The maximum absolute atomic E-state index is 13.2. The Kier molecular flexibility index (Phi) is 9.09. The second kappa shape index (κ2) is 12.0. The monoisotopic (exact) mass is 456 g/mol. The van der Waals surface area contributed by atoms with Crippen molar-refractivity contribution in [3.8, 4) is 5.75 Å². The number of nitrogens with one attached hydrogen (secondary N) is 1. The highest BCUT2D eigenvalue weighted by Crippen LogP contribution is 2.24. The minimum absolute atomic E-state index is 0.00525. The van der Waals surface area contributed by atoms with Crippen molar-refractivity contribution in [1.29, 1.82) is 0 Å². The number of ether oxygens (including phenoxy) is 1. The van der Waals surface area contributed by atoms with Gasteiger partial charge in [0.15, 0.2) is 6.61 Å². The molecule has 180 valence electrons. The van der Waals surface area contributed by atoms with Crippen molar-refractivity contribution < 1.29 is 13.9 Å². The highest BCUT2D eigenvalue weighted by atomic mass is 19.1. The van der Waals surface area contributed by atoms with Crippen LogP contribution in [0.15, 0.2) is 48.5 Å². The molecule has 2 unspecified atom stereocenters. The van der Waals surface area contributed by atoms with Gasteiger partial charge >= 0.3 is 0 Å². The zero-order chi connectivity index (χ0) is 23.8. The third-order valence-corrected chi connectivity index (χ3v) is 6.36. The molecule has 1 amide bonds. The maximum Gasteiger partial charge on any atom is 0.260 e. The van der Waals surface area contributed by atoms with Gasteiger partial charge in [-0.2, -0.15) is 0 Å². The quantitative estimate of drug-likeness (QED) is 0.547. The molecule has 3 rings (SSSR count). The summed E-state index contributed by atoms with van der Waals surface area (Å²) in [5, 5.41) is 3.41. The molecule has 0 aliphatic carbocycles. The fraction of sp³-hybridized carbons (Fsp3) is 0.500. The van der Waals surface area contributed by atoms with E-state index in [1.54, 1.807) is 0 Å². The molecule has 2 aromatic carbocycles. The Morgan fingerprint density at radius 3 is 2.45 bits per heavy atom. The Balaban J connectivity index is 1.54. The van der Waals surface area contributed by atoms with Crippen LogP contribution < -0.4 is 10.1 Å². The highest BCUT2D eigenvalue weighted by molar-refractivity contribution is 5.78. The van der Waals surface area contributed by atoms with E-state index in [-0.39, 0.29) is 30.4 Å². The molecule has 33 heavy (non-hydrogen) atoms. The number of piperazine rings is 1. The second-order valence-corrected chi connectivity index (χ2v) is 8.72. The van der Waals surface area contributed by atoms with Crippen LogP contribution in [-0.4, -0.2) is 72.1 Å². The van der Waals surface area contributed by atoms with Crippen molar-refractivity contribution in [2.75, 3.05) is 44.8 Å². The Hall–Kier alpha value is -2.64. The molecule has 1 fully saturated rings. The number of benzene rings is 2. The maximum atomic E-state index is 13.2. The first-order chi connectivity index (χ1) is 15.9. The van der Waals surface area contributed by atoms with Crippen molar-refractivity contribution in [3.05, 3.63) is 59.9 Å². The Morgan fingerprint density at radius 2 is 1.76 bits per heavy atom. The van der Waals surface area contributed by atoms with Crippen LogP contribution >= 0.6 is 0 Å². The zero-order valence-corrected chi connectivity index (χ0v) is 20.3. The molecular weight excluding hydrogens is 419 g/mol. The van der Waals surface area contributed by atoms with Gasteiger partial charge in [0.25, 0.3) is 5.91 Å². The summed E-state index contributed by atoms with van der Waals surface area (Å²) in [4.78, 5) is 19.5. The van der Waals surface area contributed by atoms with E-state index in [1.807, 2.05) is 41.3 Å². The van der Waals surface area contributed by atoms with E-state index < -0.39 is 0 Å². The number of carbonyl (C=O) groups excluding carboxylic acids is 1. The fourth-order valence-corrected chi connectivity index (χ4v) is 4.20. The minimum atomic E-state index is -0.222. The van der Waals surface area contributed by atoms with E-state index in [0.29, 0.717) is 12.3 Å². The molecule has 0 saturated carbocycles. The van der Waals surface area contributed by atoms with Crippen molar-refractivity contribution in [1.82, 2.24) is 14.7 Å². The number of hydrogen-bond acceptors (Lipinski definition) is 5. The number of anilines is 1. The largest absolute Gasteiger partial charge is 0.482 e. The van der Waals surface area contributed by atoms with E-state index in [4.69, 9.17) is 4.74 Å². The summed E-state index contributed by atoms with van der Waals surface area (Å²) in [5.74, 6) is 0.461. The summed E-state index contributed by atoms with van der Waals surface area (Å²) in [7, 11) is 0. The molecule has 0 aromatic heterocycles. The summed E-state index contributed by atoms with van der Waals surface area (Å²) in [5.41, 5.74) is 1.97. The van der Waals surface area contributed by atoms with Crippen LogP contribution in [0.4, 0.5) is 10.1 Å². The molecule has 2 aromatic rings. The molecule has 2 atom stereocenters. The van der Waals surface area contributed by atoms with E-state index in [0.717, 1.165) is 44.1 Å². The van der Waals surface area contributed by atoms with Crippen LogP contribution in [0.25, 0.3) is 0 Å². The average Bonchev–Trinajstić information content (AvgIpc) is 2.82. The second-order valence-electron chi connectivity index (χ2n) is 8.72. The van der Waals surface area contributed by atoms with Gasteiger partial charge in [-0.1, -0.05) is 38.1 Å². The SMILES string of the molecule is CCN(CC)CNc1ccccc1OCC(=O)N1CC(C)N(Cc2ccc(F)cc2)CC1C. The first-order valence-corrected chi connectivity index (χ1v) is 11.9. The van der Waals surface area contributed by atoms with E-state index >= 15 is 0 Å². The first-order valence-electron chi connectivity index (χ1n) is 11.9. The molecule has 1 N–H and O–H groups in total. The van der Waals surface area contributed by atoms with Gasteiger partial charge in [-0.15, -0.1) is 0 Å². The lowest BCUT2D eigenvalue weighted by atomic mass is 10.1. The molecule has 0 bridgehead atoms. The molecular formula is C26H37FN4O2. The van der Waals surface area contributed by atoms with Crippen LogP contribution in [0.2, 0.25) is 0 Å². The van der Waals surface area contributed by atoms with Gasteiger partial charge in [0.05, 0.1) is 12.4 Å². The van der Waals surface area contributed by atoms with Gasteiger partial charge in [0, 0.05) is 31.7 Å². The predicted molar refractivity (Wildman–Crippen MR) is 131 cm³/mol. The number of nitrogens with zero attached hydrogens (tertiary/aromatic N) is 3. The Labute approximate surface area is 197 Å². The van der Waals surface area contributed by atoms with Crippen LogP contribution in [0, 0.1) is 5.82 Å². The van der Waals surface area contributed by atoms with Crippen LogP contribution in [0.3, 0.4) is 0 Å². The lowest BCUT2D eigenvalue weighted by Gasteiger charge is -2.44. The number of carbonyl (C=O) groups is 1. The Bertz CT molecular complexity index is 888. The lowest BCUT2D eigenvalue weighted by molar-refractivity contribution is -0.139. The first kappa shape index (κ1) is 25.0. The van der Waals surface area contributed by atoms with Crippen molar-refractivity contribution in [2.24, 2.45) is 0 Å². The number of hydrogen-bond donors (Lipinski definition) is 1. The fourth-order valence-electron chi connectivity index (χ4n) is 4.20. The van der Waals surface area contributed by atoms with Gasteiger partial charge in [-0.3, -0.25) is 14.6 Å². The highest BCUT2D eigenvalue weighted by Gasteiger charge is 2.32. The lowest BCUT2D eigenvalue weighted by Crippen LogP contribution is -2.58. The molecule has 1 aliphatic rings. The molecule has 1 saturated heterocycles. The van der Waals surface area contributed by atoms with Crippen molar-refractivity contribution >= 4 is 11.6 Å². The zero-order valence-electron chi connectivity index (χ0n) is 20.3. The van der Waals surface area contributed by atoms with Crippen LogP contribution in [0.1, 0.15) is 33.3 Å². The van der Waals surface area contributed by atoms with Gasteiger partial charge in [-0.25, -0.2) is 4.39 Å². The number of amides is 1. The molecule has 1 aliphatic heterocycles. The van der Waals surface area contributed by atoms with Crippen molar-refractivity contribution in [3.63, 3.8) is 0 Å². The van der Waals surface area contributed by atoms with Gasteiger partial charge in [0.1, 0.15) is 11.6 Å². The number of para-hydroxylation sites is 2. The van der Waals surface area contributed by atoms with Crippen molar-refractivity contribution in [2.45, 2.75) is 46.3 Å². The third kappa shape index (κ3) is 6.92. The average molecular weight is 457 g/mol. The molecule has 0 radical (unpaired) electrons. The number of rotatable bonds is 10. The van der Waals surface area contributed by atoms with E-state index in [2.05, 4.69) is 42.8 Å².